The zero-order chi connectivity index (χ0) is 14.5. The highest BCUT2D eigenvalue weighted by molar-refractivity contribution is 9.10. The van der Waals surface area contributed by atoms with Crippen molar-refractivity contribution in [1.29, 1.82) is 0 Å². The van der Waals surface area contributed by atoms with Gasteiger partial charge in [0.05, 0.1) is 0 Å². The summed E-state index contributed by atoms with van der Waals surface area (Å²) in [5.41, 5.74) is 2.40. The summed E-state index contributed by atoms with van der Waals surface area (Å²) in [4.78, 5) is 1.22. The molecule has 1 N–H and O–H groups in total. The van der Waals surface area contributed by atoms with Gasteiger partial charge in [-0.15, -0.1) is 11.3 Å². The molecular weight excluding hydrogens is 334 g/mol. The van der Waals surface area contributed by atoms with E-state index in [1.54, 1.807) is 11.3 Å². The van der Waals surface area contributed by atoms with E-state index in [-0.39, 0.29) is 0 Å². The summed E-state index contributed by atoms with van der Waals surface area (Å²) in [6.07, 6.45) is 0. The molecule has 0 saturated heterocycles. The molecule has 0 amide bonds. The second kappa shape index (κ2) is 7.25. The van der Waals surface area contributed by atoms with Gasteiger partial charge in [-0.05, 0) is 34.5 Å². The normalized spacial score (nSPS) is 11.1. The summed E-state index contributed by atoms with van der Waals surface area (Å²) in [7, 11) is 0. The smallest absolute Gasteiger partial charge is 0.127 e. The number of hydrogen-bond acceptors (Lipinski definition) is 3. The summed E-state index contributed by atoms with van der Waals surface area (Å²) in [5.74, 6) is 1.00. The zero-order valence-electron chi connectivity index (χ0n) is 12.1. The van der Waals surface area contributed by atoms with Gasteiger partial charge in [-0.25, -0.2) is 0 Å². The van der Waals surface area contributed by atoms with E-state index in [2.05, 4.69) is 71.7 Å². The van der Waals surface area contributed by atoms with E-state index >= 15 is 0 Å². The molecule has 0 atom stereocenters. The molecule has 4 heteroatoms. The summed E-state index contributed by atoms with van der Waals surface area (Å²) >= 11 is 5.18. The van der Waals surface area contributed by atoms with E-state index in [4.69, 9.17) is 4.74 Å². The van der Waals surface area contributed by atoms with Gasteiger partial charge in [0.25, 0.3) is 0 Å². The second-order valence-corrected chi connectivity index (χ2v) is 7.03. The van der Waals surface area contributed by atoms with Gasteiger partial charge in [0.2, 0.25) is 0 Å². The maximum absolute atomic E-state index is 6.05. The van der Waals surface area contributed by atoms with Crippen molar-refractivity contribution in [3.8, 4) is 5.75 Å². The Bertz CT molecular complexity index is 565. The zero-order valence-corrected chi connectivity index (χ0v) is 14.5. The van der Waals surface area contributed by atoms with Gasteiger partial charge in [0.1, 0.15) is 12.4 Å². The van der Waals surface area contributed by atoms with Crippen molar-refractivity contribution in [2.75, 3.05) is 0 Å². The Labute approximate surface area is 133 Å². The van der Waals surface area contributed by atoms with Crippen molar-refractivity contribution in [3.05, 3.63) is 50.1 Å². The van der Waals surface area contributed by atoms with Crippen molar-refractivity contribution in [1.82, 2.24) is 5.32 Å². The van der Waals surface area contributed by atoms with Crippen LogP contribution in [0, 0.1) is 6.92 Å². The lowest BCUT2D eigenvalue weighted by atomic mass is 10.1. The molecule has 2 rings (SSSR count). The van der Waals surface area contributed by atoms with E-state index in [0.717, 1.165) is 16.8 Å². The van der Waals surface area contributed by atoms with Crippen LogP contribution in [0.25, 0.3) is 0 Å². The molecule has 0 fully saturated rings. The first-order valence-corrected chi connectivity index (χ1v) is 8.41. The topological polar surface area (TPSA) is 21.3 Å². The van der Waals surface area contributed by atoms with Gasteiger partial charge >= 0.3 is 0 Å². The molecule has 20 heavy (non-hydrogen) atoms. The number of aryl methyl sites for hydroxylation is 1. The molecule has 0 bridgehead atoms. The minimum Gasteiger partial charge on any atom is -0.487 e. The first kappa shape index (κ1) is 15.5. The third-order valence-corrected chi connectivity index (χ3v) is 4.65. The Morgan fingerprint density at radius 3 is 2.80 bits per heavy atom. The summed E-state index contributed by atoms with van der Waals surface area (Å²) in [6.45, 7) is 7.86. The lowest BCUT2D eigenvalue weighted by Gasteiger charge is -2.15. The maximum atomic E-state index is 6.05. The highest BCUT2D eigenvalue weighted by Crippen LogP contribution is 2.26. The molecule has 0 radical (unpaired) electrons. The average molecular weight is 354 g/mol. The number of halogens is 1. The fraction of sp³-hybridized carbons (Fsp3) is 0.375. The predicted molar refractivity (Wildman–Crippen MR) is 89.5 cm³/mol. The minimum absolute atomic E-state index is 0.469. The molecule has 0 aliphatic heterocycles. The molecule has 2 nitrogen and oxygen atoms in total. The van der Waals surface area contributed by atoms with E-state index in [0.29, 0.717) is 12.6 Å². The largest absolute Gasteiger partial charge is 0.487 e. The lowest BCUT2D eigenvalue weighted by Crippen LogP contribution is -2.22. The molecule has 0 aliphatic rings. The quantitative estimate of drug-likeness (QED) is 0.797. The fourth-order valence-electron chi connectivity index (χ4n) is 1.95. The molecule has 0 saturated carbocycles. The van der Waals surface area contributed by atoms with Crippen LogP contribution in [0.15, 0.2) is 34.1 Å². The van der Waals surface area contributed by atoms with Crippen molar-refractivity contribution >= 4 is 27.3 Å². The van der Waals surface area contributed by atoms with Gasteiger partial charge in [0.15, 0.2) is 0 Å². The first-order chi connectivity index (χ1) is 9.56. The van der Waals surface area contributed by atoms with Crippen LogP contribution >= 0.6 is 27.3 Å². The molecule has 108 valence electrons. The molecular formula is C16H20BrNOS. The molecule has 2 aromatic rings. The molecule has 0 unspecified atom stereocenters. The second-order valence-electron chi connectivity index (χ2n) is 5.12. The molecule has 0 aliphatic carbocycles. The van der Waals surface area contributed by atoms with E-state index in [1.807, 2.05) is 0 Å². The van der Waals surface area contributed by atoms with Gasteiger partial charge < -0.3 is 10.1 Å². The highest BCUT2D eigenvalue weighted by atomic mass is 79.9. The van der Waals surface area contributed by atoms with Crippen LogP contribution in [0.2, 0.25) is 0 Å². The molecule has 1 aromatic heterocycles. The van der Waals surface area contributed by atoms with Crippen LogP contribution in [0.4, 0.5) is 0 Å². The first-order valence-electron chi connectivity index (χ1n) is 6.74. The Balaban J connectivity index is 2.08. The number of thiophene rings is 1. The van der Waals surface area contributed by atoms with Gasteiger partial charge in [-0.1, -0.05) is 32.0 Å². The van der Waals surface area contributed by atoms with Gasteiger partial charge in [-0.3, -0.25) is 0 Å². The highest BCUT2D eigenvalue weighted by Gasteiger charge is 2.08. The summed E-state index contributed by atoms with van der Waals surface area (Å²) in [5, 5.41) is 5.53. The Morgan fingerprint density at radius 1 is 1.35 bits per heavy atom. The van der Waals surface area contributed by atoms with Crippen LogP contribution in [-0.2, 0) is 13.2 Å². The van der Waals surface area contributed by atoms with E-state index < -0.39 is 0 Å². The summed E-state index contributed by atoms with van der Waals surface area (Å²) < 4.78 is 7.17. The SMILES string of the molecule is Cc1cccc(CNC(C)C)c1OCc1cc(Br)cs1. The number of hydrogen-bond donors (Lipinski definition) is 1. The number of benzene rings is 1. The van der Waals surface area contributed by atoms with Crippen LogP contribution in [-0.4, -0.2) is 6.04 Å². The molecule has 1 aromatic carbocycles. The van der Waals surface area contributed by atoms with Crippen LogP contribution < -0.4 is 10.1 Å². The van der Waals surface area contributed by atoms with E-state index in [9.17, 15) is 0 Å². The van der Waals surface area contributed by atoms with Crippen molar-refractivity contribution in [2.45, 2.75) is 40.0 Å². The molecule has 1 heterocycles. The number of para-hydroxylation sites is 1. The third-order valence-electron chi connectivity index (χ3n) is 2.97. The van der Waals surface area contributed by atoms with Crippen molar-refractivity contribution < 1.29 is 4.74 Å². The van der Waals surface area contributed by atoms with Crippen molar-refractivity contribution in [3.63, 3.8) is 0 Å². The lowest BCUT2D eigenvalue weighted by molar-refractivity contribution is 0.303. The fourth-order valence-corrected chi connectivity index (χ4v) is 3.31. The number of nitrogens with one attached hydrogen (secondary N) is 1. The number of rotatable bonds is 6. The Hall–Kier alpha value is -0.840. The Kier molecular flexibility index (Phi) is 5.64. The van der Waals surface area contributed by atoms with E-state index in [1.165, 1.54) is 16.0 Å². The third kappa shape index (κ3) is 4.33. The summed E-state index contributed by atoms with van der Waals surface area (Å²) in [6, 6.07) is 8.88. The minimum atomic E-state index is 0.469. The Morgan fingerprint density at radius 2 is 2.15 bits per heavy atom. The molecule has 0 spiro atoms. The van der Waals surface area contributed by atoms with Crippen LogP contribution in [0.1, 0.15) is 29.9 Å². The van der Waals surface area contributed by atoms with Gasteiger partial charge in [-0.2, -0.15) is 0 Å². The van der Waals surface area contributed by atoms with Crippen molar-refractivity contribution in [2.24, 2.45) is 0 Å². The monoisotopic (exact) mass is 353 g/mol. The van der Waals surface area contributed by atoms with Gasteiger partial charge in [0, 0.05) is 32.9 Å². The van der Waals surface area contributed by atoms with Crippen LogP contribution in [0.3, 0.4) is 0 Å². The average Bonchev–Trinajstić information content (AvgIpc) is 2.81. The standard InChI is InChI=1S/C16H20BrNOS/c1-11(2)18-8-13-6-4-5-12(3)16(13)19-9-15-7-14(17)10-20-15/h4-7,10-11,18H,8-9H2,1-3H3. The predicted octanol–water partition coefficient (Wildman–Crippen LogP) is 4.90. The maximum Gasteiger partial charge on any atom is 0.127 e. The number of ether oxygens (including phenoxy) is 1. The van der Waals surface area contributed by atoms with Crippen LogP contribution in [0.5, 0.6) is 5.75 Å².